The smallest absolute Gasteiger partial charge is 0.204 e. The number of hydrogen-bond donors (Lipinski definition) is 2. The van der Waals surface area contributed by atoms with Crippen LogP contribution >= 0.6 is 11.9 Å². The third-order valence-electron chi connectivity index (χ3n) is 3.52. The van der Waals surface area contributed by atoms with Crippen LogP contribution in [0.25, 0.3) is 0 Å². The van der Waals surface area contributed by atoms with Crippen molar-refractivity contribution in [1.29, 1.82) is 0 Å². The van der Waals surface area contributed by atoms with E-state index in [4.69, 9.17) is 0 Å². The third-order valence-corrected chi connectivity index (χ3v) is 4.62. The van der Waals surface area contributed by atoms with E-state index in [1.54, 1.807) is 0 Å². The molecule has 3 nitrogen and oxygen atoms in total. The Labute approximate surface area is 127 Å². The summed E-state index contributed by atoms with van der Waals surface area (Å²) in [4.78, 5) is 0. The van der Waals surface area contributed by atoms with Crippen LogP contribution in [-0.2, 0) is 0 Å². The van der Waals surface area contributed by atoms with E-state index in [1.165, 1.54) is 85.8 Å². The molecule has 1 aromatic heterocycles. The maximum atomic E-state index is 9.47. The normalized spacial score (nSPS) is 11.1. The molecule has 0 bridgehead atoms. The topological polar surface area (TPSA) is 45.4 Å². The van der Waals surface area contributed by atoms with Crippen LogP contribution in [0.15, 0.2) is 12.1 Å². The van der Waals surface area contributed by atoms with E-state index in [2.05, 4.69) is 6.92 Å². The molecule has 20 heavy (non-hydrogen) atoms. The van der Waals surface area contributed by atoms with Gasteiger partial charge in [0.15, 0.2) is 0 Å². The lowest BCUT2D eigenvalue weighted by molar-refractivity contribution is 0.416. The molecular weight excluding hydrogens is 270 g/mol. The molecule has 0 aliphatic heterocycles. The molecule has 0 atom stereocenters. The first-order valence-electron chi connectivity index (χ1n) is 7.98. The van der Waals surface area contributed by atoms with Crippen LogP contribution in [-0.4, -0.2) is 19.9 Å². The van der Waals surface area contributed by atoms with Crippen LogP contribution in [0.1, 0.15) is 71.1 Å². The van der Waals surface area contributed by atoms with Crippen LogP contribution in [0.5, 0.6) is 11.8 Å². The summed E-state index contributed by atoms with van der Waals surface area (Å²) in [6.07, 6.45) is 13.3. The van der Waals surface area contributed by atoms with Crippen LogP contribution in [0.2, 0.25) is 0 Å². The second kappa shape index (κ2) is 11.0. The van der Waals surface area contributed by atoms with Crippen molar-refractivity contribution in [2.75, 3.05) is 5.75 Å². The van der Waals surface area contributed by atoms with Gasteiger partial charge in [-0.25, -0.2) is 3.97 Å². The van der Waals surface area contributed by atoms with Gasteiger partial charge in [0.25, 0.3) is 0 Å². The monoisotopic (exact) mass is 299 g/mol. The molecule has 1 rings (SSSR count). The molecule has 0 radical (unpaired) electrons. The fourth-order valence-corrected chi connectivity index (χ4v) is 3.18. The van der Waals surface area contributed by atoms with Crippen molar-refractivity contribution < 1.29 is 10.2 Å². The van der Waals surface area contributed by atoms with Gasteiger partial charge in [-0.05, 0) is 18.4 Å². The van der Waals surface area contributed by atoms with Gasteiger partial charge in [-0.3, -0.25) is 0 Å². The Morgan fingerprint density at radius 3 is 1.75 bits per heavy atom. The van der Waals surface area contributed by atoms with Gasteiger partial charge < -0.3 is 10.2 Å². The third kappa shape index (κ3) is 7.13. The van der Waals surface area contributed by atoms with Gasteiger partial charge in [0.05, 0.1) is 0 Å². The van der Waals surface area contributed by atoms with Crippen LogP contribution < -0.4 is 0 Å². The average molecular weight is 299 g/mol. The van der Waals surface area contributed by atoms with Gasteiger partial charge in [0.1, 0.15) is 0 Å². The zero-order chi connectivity index (χ0) is 14.6. The van der Waals surface area contributed by atoms with E-state index in [0.717, 1.165) is 12.2 Å². The number of hydrogen-bond acceptors (Lipinski definition) is 3. The number of rotatable bonds is 12. The molecule has 116 valence electrons. The zero-order valence-corrected chi connectivity index (χ0v) is 13.5. The predicted octanol–water partition coefficient (Wildman–Crippen LogP) is 5.32. The maximum absolute atomic E-state index is 9.47. The minimum absolute atomic E-state index is 0.125. The highest BCUT2D eigenvalue weighted by atomic mass is 32.2. The van der Waals surface area contributed by atoms with Crippen molar-refractivity contribution in [3.8, 4) is 11.8 Å². The van der Waals surface area contributed by atoms with E-state index in [9.17, 15) is 10.2 Å². The second-order valence-electron chi connectivity index (χ2n) is 5.36. The summed E-state index contributed by atoms with van der Waals surface area (Å²) in [7, 11) is 0. The maximum Gasteiger partial charge on any atom is 0.204 e. The highest BCUT2D eigenvalue weighted by Crippen LogP contribution is 2.27. The lowest BCUT2D eigenvalue weighted by atomic mass is 10.1. The Balaban J connectivity index is 1.88. The highest BCUT2D eigenvalue weighted by molar-refractivity contribution is 7.97. The molecule has 0 saturated heterocycles. The summed E-state index contributed by atoms with van der Waals surface area (Å²) < 4.78 is 1.48. The molecule has 0 unspecified atom stereocenters. The summed E-state index contributed by atoms with van der Waals surface area (Å²) >= 11 is 1.47. The molecule has 0 fully saturated rings. The molecule has 1 heterocycles. The summed E-state index contributed by atoms with van der Waals surface area (Å²) in [5, 5.41) is 18.9. The van der Waals surface area contributed by atoms with Gasteiger partial charge in [0.2, 0.25) is 11.8 Å². The van der Waals surface area contributed by atoms with Crippen molar-refractivity contribution in [3.63, 3.8) is 0 Å². The number of aromatic nitrogens is 1. The number of unbranched alkanes of at least 4 members (excludes halogenated alkanes) is 9. The Kier molecular flexibility index (Phi) is 9.46. The first-order chi connectivity index (χ1) is 9.75. The first kappa shape index (κ1) is 17.3. The van der Waals surface area contributed by atoms with Gasteiger partial charge >= 0.3 is 0 Å². The molecule has 0 saturated carbocycles. The van der Waals surface area contributed by atoms with Crippen molar-refractivity contribution in [2.45, 2.75) is 71.1 Å². The van der Waals surface area contributed by atoms with Crippen LogP contribution in [0.3, 0.4) is 0 Å². The second-order valence-corrected chi connectivity index (χ2v) is 6.39. The van der Waals surface area contributed by atoms with E-state index < -0.39 is 0 Å². The molecule has 0 amide bonds. The lowest BCUT2D eigenvalue weighted by Crippen LogP contribution is -1.89. The largest absolute Gasteiger partial charge is 0.494 e. The van der Waals surface area contributed by atoms with Gasteiger partial charge in [-0.2, -0.15) is 0 Å². The molecule has 0 aliphatic rings. The van der Waals surface area contributed by atoms with Crippen LogP contribution in [0.4, 0.5) is 0 Å². The highest BCUT2D eigenvalue weighted by Gasteiger charge is 2.05. The first-order valence-corrected chi connectivity index (χ1v) is 8.93. The Hall–Kier alpha value is -0.770. The van der Waals surface area contributed by atoms with E-state index in [0.29, 0.717) is 0 Å². The fourth-order valence-electron chi connectivity index (χ4n) is 2.28. The zero-order valence-electron chi connectivity index (χ0n) is 12.7. The summed E-state index contributed by atoms with van der Waals surface area (Å²) in [6, 6.07) is 3.03. The average Bonchev–Trinajstić information content (AvgIpc) is 2.76. The van der Waals surface area contributed by atoms with Gasteiger partial charge in [-0.1, -0.05) is 64.7 Å². The molecule has 0 spiro atoms. The number of nitrogens with zero attached hydrogens (tertiary/aromatic N) is 1. The molecule has 1 aromatic rings. The van der Waals surface area contributed by atoms with Crippen molar-refractivity contribution in [1.82, 2.24) is 3.97 Å². The summed E-state index contributed by atoms with van der Waals surface area (Å²) in [5.41, 5.74) is 0. The Morgan fingerprint density at radius 2 is 1.25 bits per heavy atom. The minimum Gasteiger partial charge on any atom is -0.494 e. The fraction of sp³-hybridized carbons (Fsp3) is 0.750. The van der Waals surface area contributed by atoms with E-state index >= 15 is 0 Å². The lowest BCUT2D eigenvalue weighted by Gasteiger charge is -2.05. The summed E-state index contributed by atoms with van der Waals surface area (Å²) in [6.45, 7) is 2.26. The Bertz CT molecular complexity index is 333. The quantitative estimate of drug-likeness (QED) is 0.514. The van der Waals surface area contributed by atoms with E-state index in [-0.39, 0.29) is 11.8 Å². The standard InChI is InChI=1S/C16H29NO2S/c1-2-3-4-5-6-7-8-9-10-11-14-20-17-15(18)12-13-16(17)19/h12-13,18-19H,2-11,14H2,1H3. The van der Waals surface area contributed by atoms with Crippen LogP contribution in [0, 0.1) is 0 Å². The molecule has 0 aliphatic carbocycles. The molecular formula is C16H29NO2S. The van der Waals surface area contributed by atoms with Crippen molar-refractivity contribution >= 4 is 11.9 Å². The number of aromatic hydroxyl groups is 2. The van der Waals surface area contributed by atoms with Gasteiger partial charge in [-0.15, -0.1) is 0 Å². The summed E-state index contributed by atoms with van der Waals surface area (Å²) in [5.74, 6) is 1.19. The van der Waals surface area contributed by atoms with Crippen molar-refractivity contribution in [3.05, 3.63) is 12.1 Å². The molecule has 0 aromatic carbocycles. The Morgan fingerprint density at radius 1 is 0.800 bits per heavy atom. The van der Waals surface area contributed by atoms with Crippen molar-refractivity contribution in [2.24, 2.45) is 0 Å². The predicted molar refractivity (Wildman–Crippen MR) is 87.5 cm³/mol. The van der Waals surface area contributed by atoms with E-state index in [1.807, 2.05) is 0 Å². The van der Waals surface area contributed by atoms with Gasteiger partial charge in [0, 0.05) is 17.9 Å². The SMILES string of the molecule is CCCCCCCCCCCCSn1c(O)ccc1O. The minimum atomic E-state index is 0.125. The molecule has 2 N–H and O–H groups in total. The molecule has 4 heteroatoms.